The highest BCUT2D eigenvalue weighted by atomic mass is 16.5. The van der Waals surface area contributed by atoms with Crippen LogP contribution in [0.1, 0.15) is 64.7 Å². The first-order valence-corrected chi connectivity index (χ1v) is 7.51. The molecule has 3 atom stereocenters. The molecule has 18 heavy (non-hydrogen) atoms. The van der Waals surface area contributed by atoms with Gasteiger partial charge >= 0.3 is 5.97 Å². The Morgan fingerprint density at radius 2 is 2.22 bits per heavy atom. The van der Waals surface area contributed by atoms with E-state index in [9.17, 15) is 9.90 Å². The molecule has 1 N–H and O–H groups in total. The molecule has 0 aromatic heterocycles. The molecule has 3 unspecified atom stereocenters. The van der Waals surface area contributed by atoms with E-state index in [1.54, 1.807) is 0 Å². The fourth-order valence-corrected chi connectivity index (χ4v) is 3.67. The summed E-state index contributed by atoms with van der Waals surface area (Å²) in [7, 11) is 0. The second-order valence-corrected chi connectivity index (χ2v) is 6.13. The first kappa shape index (κ1) is 13.9. The molecule has 3 nitrogen and oxygen atoms in total. The van der Waals surface area contributed by atoms with Crippen LogP contribution < -0.4 is 0 Å². The van der Waals surface area contributed by atoms with Crippen LogP contribution in [0.25, 0.3) is 0 Å². The summed E-state index contributed by atoms with van der Waals surface area (Å²) in [4.78, 5) is 11.7. The molecule has 0 bridgehead atoms. The van der Waals surface area contributed by atoms with Gasteiger partial charge in [-0.3, -0.25) is 4.79 Å². The summed E-state index contributed by atoms with van der Waals surface area (Å²) in [6, 6.07) is 0. The minimum atomic E-state index is -0.571. The molecular formula is C15H26O3. The van der Waals surface area contributed by atoms with Gasteiger partial charge < -0.3 is 9.84 Å². The van der Waals surface area contributed by atoms with Crippen LogP contribution in [-0.4, -0.2) is 23.8 Å². The van der Waals surface area contributed by atoms with Crippen molar-refractivity contribution in [1.29, 1.82) is 0 Å². The van der Waals surface area contributed by atoms with E-state index in [4.69, 9.17) is 4.74 Å². The Morgan fingerprint density at radius 1 is 1.39 bits per heavy atom. The number of carbonyl (C=O) groups is 1. The van der Waals surface area contributed by atoms with Gasteiger partial charge in [0.15, 0.2) is 0 Å². The van der Waals surface area contributed by atoms with E-state index in [0.29, 0.717) is 12.0 Å². The highest BCUT2D eigenvalue weighted by molar-refractivity contribution is 5.74. The van der Waals surface area contributed by atoms with Crippen molar-refractivity contribution in [3.05, 3.63) is 0 Å². The molecule has 1 saturated heterocycles. The Balaban J connectivity index is 1.94. The van der Waals surface area contributed by atoms with Crippen LogP contribution in [0.2, 0.25) is 0 Å². The Morgan fingerprint density at radius 3 is 2.83 bits per heavy atom. The van der Waals surface area contributed by atoms with Crippen LogP contribution in [0.3, 0.4) is 0 Å². The van der Waals surface area contributed by atoms with Gasteiger partial charge in [-0.1, -0.05) is 26.2 Å². The normalized spacial score (nSPS) is 36.7. The zero-order valence-electron chi connectivity index (χ0n) is 11.5. The number of carboxylic acids is 1. The van der Waals surface area contributed by atoms with Crippen LogP contribution in [0.5, 0.6) is 0 Å². The molecule has 0 amide bonds. The summed E-state index contributed by atoms with van der Waals surface area (Å²) in [5.74, 6) is 0.0398. The van der Waals surface area contributed by atoms with E-state index < -0.39 is 11.4 Å². The van der Waals surface area contributed by atoms with Crippen molar-refractivity contribution in [1.82, 2.24) is 0 Å². The third kappa shape index (κ3) is 3.05. The summed E-state index contributed by atoms with van der Waals surface area (Å²) in [5, 5.41) is 9.64. The predicted molar refractivity (Wildman–Crippen MR) is 70.5 cm³/mol. The number of hydrogen-bond donors (Lipinski definition) is 1. The van der Waals surface area contributed by atoms with Crippen LogP contribution in [0, 0.1) is 11.3 Å². The van der Waals surface area contributed by atoms with Gasteiger partial charge in [-0.25, -0.2) is 0 Å². The molecule has 0 aromatic carbocycles. The van der Waals surface area contributed by atoms with Crippen LogP contribution in [0.15, 0.2) is 0 Å². The molecule has 1 aliphatic heterocycles. The van der Waals surface area contributed by atoms with Crippen molar-refractivity contribution in [3.63, 3.8) is 0 Å². The molecule has 1 saturated carbocycles. The minimum absolute atomic E-state index is 0.322. The summed E-state index contributed by atoms with van der Waals surface area (Å²) < 4.78 is 5.63. The van der Waals surface area contributed by atoms with Crippen molar-refractivity contribution >= 4 is 5.97 Å². The maximum absolute atomic E-state index is 11.7. The molecular weight excluding hydrogens is 228 g/mol. The number of ether oxygens (including phenoxy) is 1. The van der Waals surface area contributed by atoms with Crippen LogP contribution >= 0.6 is 0 Å². The lowest BCUT2D eigenvalue weighted by Crippen LogP contribution is -2.37. The summed E-state index contributed by atoms with van der Waals surface area (Å²) in [5.41, 5.74) is -0.453. The van der Waals surface area contributed by atoms with Gasteiger partial charge in [-0.05, 0) is 44.4 Å². The second-order valence-electron chi connectivity index (χ2n) is 6.13. The third-order valence-electron chi connectivity index (χ3n) is 4.95. The lowest BCUT2D eigenvalue weighted by Gasteiger charge is -2.38. The zero-order valence-corrected chi connectivity index (χ0v) is 11.5. The van der Waals surface area contributed by atoms with E-state index in [-0.39, 0.29) is 0 Å². The smallest absolute Gasteiger partial charge is 0.309 e. The van der Waals surface area contributed by atoms with E-state index in [1.807, 2.05) is 0 Å². The van der Waals surface area contributed by atoms with Crippen LogP contribution in [0.4, 0.5) is 0 Å². The molecule has 0 radical (unpaired) electrons. The Labute approximate surface area is 110 Å². The number of carboxylic acid groups (broad SMARTS) is 1. The molecule has 104 valence electrons. The summed E-state index contributed by atoms with van der Waals surface area (Å²) >= 11 is 0. The lowest BCUT2D eigenvalue weighted by molar-refractivity contribution is -0.153. The van der Waals surface area contributed by atoms with Crippen molar-refractivity contribution in [2.75, 3.05) is 6.61 Å². The standard InChI is InChI=1S/C15H26O3/c1-2-12-5-3-8-15(11-12,14(16)17)9-7-13-6-4-10-18-13/h12-13H,2-11H2,1H3,(H,16,17). The Bertz CT molecular complexity index is 283. The average Bonchev–Trinajstić information content (AvgIpc) is 2.89. The van der Waals surface area contributed by atoms with E-state index in [2.05, 4.69) is 6.92 Å². The SMILES string of the molecule is CCC1CCCC(CCC2CCCO2)(C(=O)O)C1. The van der Waals surface area contributed by atoms with Gasteiger partial charge in [0.05, 0.1) is 11.5 Å². The quantitative estimate of drug-likeness (QED) is 0.815. The Hall–Kier alpha value is -0.570. The average molecular weight is 254 g/mol. The predicted octanol–water partition coefficient (Wildman–Crippen LogP) is 3.62. The molecule has 0 spiro atoms. The molecule has 0 aromatic rings. The van der Waals surface area contributed by atoms with Gasteiger partial charge in [0.2, 0.25) is 0 Å². The fraction of sp³-hybridized carbons (Fsp3) is 0.933. The van der Waals surface area contributed by atoms with E-state index in [0.717, 1.165) is 58.0 Å². The van der Waals surface area contributed by atoms with Crippen molar-refractivity contribution in [2.45, 2.75) is 70.8 Å². The maximum atomic E-state index is 11.7. The van der Waals surface area contributed by atoms with Gasteiger partial charge in [0.25, 0.3) is 0 Å². The zero-order chi connectivity index (χ0) is 13.0. The number of hydrogen-bond acceptors (Lipinski definition) is 2. The maximum Gasteiger partial charge on any atom is 0.309 e. The summed E-state index contributed by atoms with van der Waals surface area (Å²) in [6.45, 7) is 3.05. The van der Waals surface area contributed by atoms with Gasteiger partial charge in [0, 0.05) is 6.61 Å². The lowest BCUT2D eigenvalue weighted by atomic mass is 9.66. The fourth-order valence-electron chi connectivity index (χ4n) is 3.67. The van der Waals surface area contributed by atoms with Crippen molar-refractivity contribution in [3.8, 4) is 0 Å². The number of aliphatic carboxylic acids is 1. The molecule has 2 rings (SSSR count). The molecule has 2 aliphatic rings. The third-order valence-corrected chi connectivity index (χ3v) is 4.95. The molecule has 1 aliphatic carbocycles. The van der Waals surface area contributed by atoms with Crippen LogP contribution in [-0.2, 0) is 9.53 Å². The van der Waals surface area contributed by atoms with Gasteiger partial charge in [-0.15, -0.1) is 0 Å². The summed E-state index contributed by atoms with van der Waals surface area (Å²) in [6.07, 6.45) is 9.48. The van der Waals surface area contributed by atoms with Gasteiger partial charge in [0.1, 0.15) is 0 Å². The van der Waals surface area contributed by atoms with Crippen molar-refractivity contribution in [2.24, 2.45) is 11.3 Å². The Kier molecular flexibility index (Phi) is 4.66. The largest absolute Gasteiger partial charge is 0.481 e. The topological polar surface area (TPSA) is 46.5 Å². The minimum Gasteiger partial charge on any atom is -0.481 e. The monoisotopic (exact) mass is 254 g/mol. The first-order valence-electron chi connectivity index (χ1n) is 7.51. The first-order chi connectivity index (χ1) is 8.66. The van der Waals surface area contributed by atoms with Gasteiger partial charge in [-0.2, -0.15) is 0 Å². The highest BCUT2D eigenvalue weighted by Gasteiger charge is 2.42. The number of rotatable bonds is 5. The molecule has 3 heteroatoms. The van der Waals surface area contributed by atoms with Crippen molar-refractivity contribution < 1.29 is 14.6 Å². The van der Waals surface area contributed by atoms with E-state index >= 15 is 0 Å². The van der Waals surface area contributed by atoms with E-state index in [1.165, 1.54) is 6.42 Å². The highest BCUT2D eigenvalue weighted by Crippen LogP contribution is 2.45. The second kappa shape index (κ2) is 6.05. The molecule has 1 heterocycles. The molecule has 2 fully saturated rings.